The highest BCUT2D eigenvalue weighted by Crippen LogP contribution is 2.18. The Balaban J connectivity index is 2.38. The molecule has 0 spiro atoms. The second-order valence-corrected chi connectivity index (χ2v) is 3.48. The van der Waals surface area contributed by atoms with Crippen LogP contribution in [0.1, 0.15) is 24.8 Å². The molecule has 0 atom stereocenters. The average Bonchev–Trinajstić information content (AvgIpc) is 2.24. The number of nitrogens with two attached hydrogens (primary N) is 1. The third-order valence-corrected chi connectivity index (χ3v) is 2.25. The van der Waals surface area contributed by atoms with Crippen molar-refractivity contribution in [1.29, 1.82) is 0 Å². The number of anilines is 2. The Bertz CT molecular complexity index is 352. The zero-order chi connectivity index (χ0) is 11.1. The molecule has 3 heteroatoms. The number of nitrogens with one attached hydrogen (secondary N) is 1. The lowest BCUT2D eigenvalue weighted by atomic mass is 10.2. The summed E-state index contributed by atoms with van der Waals surface area (Å²) in [7, 11) is 0. The van der Waals surface area contributed by atoms with Gasteiger partial charge in [-0.3, -0.25) is 0 Å². The molecule has 0 unspecified atom stereocenters. The van der Waals surface area contributed by atoms with Crippen LogP contribution < -0.4 is 11.1 Å². The molecule has 80 valence electrons. The number of hydrogen-bond acceptors (Lipinski definition) is 3. The second-order valence-electron chi connectivity index (χ2n) is 3.48. The van der Waals surface area contributed by atoms with Crippen LogP contribution in [0.2, 0.25) is 0 Å². The van der Waals surface area contributed by atoms with Crippen LogP contribution in [0.25, 0.3) is 0 Å². The largest absolute Gasteiger partial charge is 0.396 e. The maximum atomic E-state index is 5.87. The lowest BCUT2D eigenvalue weighted by Gasteiger charge is -2.09. The minimum atomic E-state index is 0.731. The van der Waals surface area contributed by atoms with Gasteiger partial charge in [0, 0.05) is 19.2 Å². The molecule has 0 amide bonds. The summed E-state index contributed by atoms with van der Waals surface area (Å²) < 4.78 is 0. The molecule has 0 saturated carbocycles. The summed E-state index contributed by atoms with van der Waals surface area (Å²) in [5.74, 6) is 3.39. The smallest absolute Gasteiger partial charge is 0.149 e. The predicted octanol–water partition coefficient (Wildman–Crippen LogP) is 2.19. The van der Waals surface area contributed by atoms with Gasteiger partial charge in [-0.05, 0) is 31.4 Å². The third-order valence-electron chi connectivity index (χ3n) is 2.25. The Morgan fingerprint density at radius 3 is 3.07 bits per heavy atom. The fraction of sp³-hybridized carbons (Fsp3) is 0.417. The van der Waals surface area contributed by atoms with Crippen molar-refractivity contribution in [2.45, 2.75) is 26.2 Å². The first-order valence-corrected chi connectivity index (χ1v) is 5.14. The Labute approximate surface area is 91.1 Å². The highest BCUT2D eigenvalue weighted by molar-refractivity contribution is 5.64. The first-order chi connectivity index (χ1) is 7.25. The molecule has 15 heavy (non-hydrogen) atoms. The maximum Gasteiger partial charge on any atom is 0.149 e. The van der Waals surface area contributed by atoms with Crippen molar-refractivity contribution in [3.05, 3.63) is 17.8 Å². The molecule has 0 aliphatic rings. The zero-order valence-electron chi connectivity index (χ0n) is 9.09. The van der Waals surface area contributed by atoms with E-state index < -0.39 is 0 Å². The van der Waals surface area contributed by atoms with Gasteiger partial charge in [-0.2, -0.15) is 0 Å². The molecule has 1 rings (SSSR count). The van der Waals surface area contributed by atoms with E-state index >= 15 is 0 Å². The van der Waals surface area contributed by atoms with Crippen LogP contribution in [0.4, 0.5) is 11.5 Å². The van der Waals surface area contributed by atoms with Crippen LogP contribution in [0.15, 0.2) is 12.3 Å². The quantitative estimate of drug-likeness (QED) is 0.569. The van der Waals surface area contributed by atoms with E-state index in [4.69, 9.17) is 12.2 Å². The van der Waals surface area contributed by atoms with Crippen molar-refractivity contribution >= 4 is 11.5 Å². The normalized spacial score (nSPS) is 9.60. The molecular formula is C12H17N3. The number of hydrogen-bond donors (Lipinski definition) is 2. The topological polar surface area (TPSA) is 50.9 Å². The third kappa shape index (κ3) is 3.51. The molecule has 0 saturated heterocycles. The van der Waals surface area contributed by atoms with Gasteiger partial charge in [0.1, 0.15) is 5.82 Å². The fourth-order valence-electron chi connectivity index (χ4n) is 1.27. The number of nitrogen functional groups attached to an aromatic ring is 1. The average molecular weight is 203 g/mol. The van der Waals surface area contributed by atoms with Crippen molar-refractivity contribution in [2.24, 2.45) is 0 Å². The first kappa shape index (κ1) is 11.4. The molecular weight excluding hydrogens is 186 g/mol. The molecule has 1 aromatic heterocycles. The van der Waals surface area contributed by atoms with E-state index in [9.17, 15) is 0 Å². The molecule has 0 bridgehead atoms. The van der Waals surface area contributed by atoms with E-state index in [2.05, 4.69) is 16.2 Å². The molecule has 3 nitrogen and oxygen atoms in total. The van der Waals surface area contributed by atoms with E-state index in [1.807, 2.05) is 13.0 Å². The van der Waals surface area contributed by atoms with E-state index in [0.717, 1.165) is 42.9 Å². The number of unbranched alkanes of at least 4 members (excludes halogenated alkanes) is 2. The number of aromatic nitrogens is 1. The Morgan fingerprint density at radius 1 is 1.53 bits per heavy atom. The number of nitrogens with zero attached hydrogens (tertiary/aromatic N) is 1. The van der Waals surface area contributed by atoms with Crippen molar-refractivity contribution in [1.82, 2.24) is 4.98 Å². The lowest BCUT2D eigenvalue weighted by Crippen LogP contribution is -2.06. The van der Waals surface area contributed by atoms with Crippen LogP contribution in [-0.4, -0.2) is 11.5 Å². The lowest BCUT2D eigenvalue weighted by molar-refractivity contribution is 0.787. The van der Waals surface area contributed by atoms with Gasteiger partial charge in [0.2, 0.25) is 0 Å². The van der Waals surface area contributed by atoms with Gasteiger partial charge < -0.3 is 11.1 Å². The SMILES string of the molecule is C#CCCCCNc1nccc(C)c1N. The number of pyridine rings is 1. The number of rotatable bonds is 5. The Morgan fingerprint density at radius 2 is 2.33 bits per heavy atom. The summed E-state index contributed by atoms with van der Waals surface area (Å²) in [6, 6.07) is 1.90. The van der Waals surface area contributed by atoms with Crippen LogP contribution >= 0.6 is 0 Å². The standard InChI is InChI=1S/C12H17N3/c1-3-4-5-6-8-14-12-11(13)10(2)7-9-15-12/h1,7,9H,4-6,8,13H2,2H3,(H,14,15). The highest BCUT2D eigenvalue weighted by atomic mass is 15.0. The van der Waals surface area contributed by atoms with Gasteiger partial charge in [0.05, 0.1) is 5.69 Å². The van der Waals surface area contributed by atoms with Crippen LogP contribution in [0.3, 0.4) is 0 Å². The highest BCUT2D eigenvalue weighted by Gasteiger charge is 2.01. The molecule has 3 N–H and O–H groups in total. The van der Waals surface area contributed by atoms with Crippen molar-refractivity contribution < 1.29 is 0 Å². The van der Waals surface area contributed by atoms with Crippen LogP contribution in [-0.2, 0) is 0 Å². The van der Waals surface area contributed by atoms with E-state index in [-0.39, 0.29) is 0 Å². The number of aryl methyl sites for hydroxylation is 1. The summed E-state index contributed by atoms with van der Waals surface area (Å²) >= 11 is 0. The molecule has 0 fully saturated rings. The molecule has 1 aromatic rings. The minimum Gasteiger partial charge on any atom is -0.396 e. The predicted molar refractivity (Wildman–Crippen MR) is 64.6 cm³/mol. The summed E-state index contributed by atoms with van der Waals surface area (Å²) in [6.45, 7) is 2.84. The molecule has 0 aliphatic carbocycles. The van der Waals surface area contributed by atoms with Crippen molar-refractivity contribution in [2.75, 3.05) is 17.6 Å². The summed E-state index contributed by atoms with van der Waals surface area (Å²) in [5.41, 5.74) is 7.65. The van der Waals surface area contributed by atoms with Crippen LogP contribution in [0.5, 0.6) is 0 Å². The van der Waals surface area contributed by atoms with E-state index in [1.165, 1.54) is 0 Å². The summed E-state index contributed by atoms with van der Waals surface area (Å²) in [6.07, 6.45) is 9.83. The summed E-state index contributed by atoms with van der Waals surface area (Å²) in [5, 5.41) is 3.21. The van der Waals surface area contributed by atoms with Gasteiger partial charge in [0.25, 0.3) is 0 Å². The maximum absolute atomic E-state index is 5.87. The Kier molecular flexibility index (Phi) is 4.49. The van der Waals surface area contributed by atoms with Gasteiger partial charge >= 0.3 is 0 Å². The van der Waals surface area contributed by atoms with Gasteiger partial charge in [-0.25, -0.2) is 4.98 Å². The summed E-state index contributed by atoms with van der Waals surface area (Å²) in [4.78, 5) is 4.18. The van der Waals surface area contributed by atoms with Gasteiger partial charge in [-0.1, -0.05) is 0 Å². The second kappa shape index (κ2) is 5.92. The van der Waals surface area contributed by atoms with E-state index in [1.54, 1.807) is 6.20 Å². The monoisotopic (exact) mass is 203 g/mol. The fourth-order valence-corrected chi connectivity index (χ4v) is 1.27. The first-order valence-electron chi connectivity index (χ1n) is 5.14. The Hall–Kier alpha value is -1.69. The van der Waals surface area contributed by atoms with E-state index in [0.29, 0.717) is 0 Å². The molecule has 0 radical (unpaired) electrons. The molecule has 0 aliphatic heterocycles. The number of terminal acetylenes is 1. The van der Waals surface area contributed by atoms with Gasteiger partial charge in [0.15, 0.2) is 0 Å². The molecule has 0 aromatic carbocycles. The zero-order valence-corrected chi connectivity index (χ0v) is 9.09. The molecule has 1 heterocycles. The van der Waals surface area contributed by atoms with Gasteiger partial charge in [-0.15, -0.1) is 12.3 Å². The van der Waals surface area contributed by atoms with Crippen molar-refractivity contribution in [3.8, 4) is 12.3 Å². The minimum absolute atomic E-state index is 0.731. The van der Waals surface area contributed by atoms with Crippen molar-refractivity contribution in [3.63, 3.8) is 0 Å². The van der Waals surface area contributed by atoms with Crippen LogP contribution in [0, 0.1) is 19.3 Å².